The van der Waals surface area contributed by atoms with Gasteiger partial charge < -0.3 is 13.7 Å². The van der Waals surface area contributed by atoms with Gasteiger partial charge in [0.05, 0.1) is 0 Å². The first-order chi connectivity index (χ1) is 9.20. The molecular weight excluding hydrogens is 246 g/mol. The normalized spacial score (nSPS) is 10.8. The van der Waals surface area contributed by atoms with Crippen LogP contribution in [-0.4, -0.2) is 5.16 Å². The summed E-state index contributed by atoms with van der Waals surface area (Å²) in [7, 11) is 0. The van der Waals surface area contributed by atoms with E-state index in [0.717, 1.165) is 11.1 Å². The third kappa shape index (κ3) is 2.49. The molecule has 0 bridgehead atoms. The van der Waals surface area contributed by atoms with E-state index in [0.29, 0.717) is 23.6 Å². The van der Waals surface area contributed by atoms with Crippen LogP contribution in [0.3, 0.4) is 0 Å². The number of aryl methyl sites for hydroxylation is 1. The smallest absolute Gasteiger partial charge is 0.336 e. The standard InChI is InChI=1S/C14H11NO4/c1-9-6-11(15-19-9)8-17-12-4-2-10-3-5-14(16)18-13(10)7-12/h2-7H,8H2,1H3. The molecule has 0 fully saturated rings. The molecule has 0 N–H and O–H groups in total. The second kappa shape index (κ2) is 4.61. The Labute approximate surface area is 108 Å². The maximum Gasteiger partial charge on any atom is 0.336 e. The second-order valence-electron chi connectivity index (χ2n) is 4.17. The zero-order valence-electron chi connectivity index (χ0n) is 10.3. The maximum absolute atomic E-state index is 11.1. The minimum atomic E-state index is -0.378. The van der Waals surface area contributed by atoms with Gasteiger partial charge in [0.1, 0.15) is 29.4 Å². The topological polar surface area (TPSA) is 65.5 Å². The number of fused-ring (bicyclic) bond motifs is 1. The summed E-state index contributed by atoms with van der Waals surface area (Å²) in [6.07, 6.45) is 0. The van der Waals surface area contributed by atoms with Gasteiger partial charge in [-0.15, -0.1) is 0 Å². The largest absolute Gasteiger partial charge is 0.487 e. The zero-order valence-corrected chi connectivity index (χ0v) is 10.3. The van der Waals surface area contributed by atoms with E-state index < -0.39 is 0 Å². The second-order valence-corrected chi connectivity index (χ2v) is 4.17. The Bertz CT molecular complexity index is 772. The van der Waals surface area contributed by atoms with Crippen molar-refractivity contribution in [2.24, 2.45) is 0 Å². The van der Waals surface area contributed by atoms with Crippen molar-refractivity contribution < 1.29 is 13.7 Å². The van der Waals surface area contributed by atoms with Crippen molar-refractivity contribution in [3.63, 3.8) is 0 Å². The third-order valence-corrected chi connectivity index (χ3v) is 2.66. The maximum atomic E-state index is 11.1. The van der Waals surface area contributed by atoms with Crippen LogP contribution in [0.1, 0.15) is 11.5 Å². The Morgan fingerprint density at radius 3 is 2.84 bits per heavy atom. The lowest BCUT2D eigenvalue weighted by Crippen LogP contribution is -1.97. The van der Waals surface area contributed by atoms with Crippen LogP contribution in [-0.2, 0) is 6.61 Å². The molecule has 1 aromatic carbocycles. The molecule has 0 saturated heterocycles. The summed E-state index contributed by atoms with van der Waals surface area (Å²) >= 11 is 0. The van der Waals surface area contributed by atoms with Crippen LogP contribution in [0.15, 0.2) is 50.1 Å². The van der Waals surface area contributed by atoms with Crippen LogP contribution in [0.2, 0.25) is 0 Å². The molecule has 0 spiro atoms. The van der Waals surface area contributed by atoms with Gasteiger partial charge in [-0.3, -0.25) is 0 Å². The first-order valence-corrected chi connectivity index (χ1v) is 5.80. The average molecular weight is 257 g/mol. The Hall–Kier alpha value is -2.56. The molecule has 3 rings (SSSR count). The molecule has 0 unspecified atom stereocenters. The molecule has 5 nitrogen and oxygen atoms in total. The molecule has 2 heterocycles. The van der Waals surface area contributed by atoms with Crippen LogP contribution in [0, 0.1) is 6.92 Å². The highest BCUT2D eigenvalue weighted by atomic mass is 16.5. The highest BCUT2D eigenvalue weighted by Crippen LogP contribution is 2.20. The number of rotatable bonds is 3. The molecule has 0 atom stereocenters. The van der Waals surface area contributed by atoms with Crippen LogP contribution in [0.25, 0.3) is 11.0 Å². The third-order valence-electron chi connectivity index (χ3n) is 2.66. The molecule has 0 saturated carbocycles. The van der Waals surface area contributed by atoms with E-state index in [1.54, 1.807) is 18.2 Å². The molecule has 96 valence electrons. The minimum absolute atomic E-state index is 0.305. The monoisotopic (exact) mass is 257 g/mol. The van der Waals surface area contributed by atoms with E-state index in [1.165, 1.54) is 6.07 Å². The van der Waals surface area contributed by atoms with Crippen LogP contribution >= 0.6 is 0 Å². The van der Waals surface area contributed by atoms with Gasteiger partial charge in [-0.05, 0) is 25.1 Å². The molecule has 2 aromatic heterocycles. The fourth-order valence-corrected chi connectivity index (χ4v) is 1.77. The van der Waals surface area contributed by atoms with Gasteiger partial charge in [-0.25, -0.2) is 4.79 Å². The number of hydrogen-bond acceptors (Lipinski definition) is 5. The first-order valence-electron chi connectivity index (χ1n) is 5.80. The predicted molar refractivity (Wildman–Crippen MR) is 68.1 cm³/mol. The summed E-state index contributed by atoms with van der Waals surface area (Å²) in [5.74, 6) is 1.35. The van der Waals surface area contributed by atoms with Crippen LogP contribution in [0.5, 0.6) is 5.75 Å². The summed E-state index contributed by atoms with van der Waals surface area (Å²) in [5, 5.41) is 4.68. The summed E-state index contributed by atoms with van der Waals surface area (Å²) < 4.78 is 15.6. The van der Waals surface area contributed by atoms with E-state index in [4.69, 9.17) is 13.7 Å². The lowest BCUT2D eigenvalue weighted by molar-refractivity contribution is 0.288. The first kappa shape index (κ1) is 11.5. The van der Waals surface area contributed by atoms with Crippen LogP contribution < -0.4 is 10.4 Å². The average Bonchev–Trinajstić information content (AvgIpc) is 2.81. The predicted octanol–water partition coefficient (Wildman–Crippen LogP) is 2.67. The van der Waals surface area contributed by atoms with E-state index in [2.05, 4.69) is 5.16 Å². The summed E-state index contributed by atoms with van der Waals surface area (Å²) in [5.41, 5.74) is 0.838. The van der Waals surface area contributed by atoms with Gasteiger partial charge in [0.15, 0.2) is 0 Å². The van der Waals surface area contributed by atoms with Crippen molar-refractivity contribution in [3.8, 4) is 5.75 Å². The molecule has 0 aliphatic heterocycles. The Morgan fingerprint density at radius 1 is 1.21 bits per heavy atom. The molecule has 0 aliphatic carbocycles. The number of nitrogens with zero attached hydrogens (tertiary/aromatic N) is 1. The molecule has 0 radical (unpaired) electrons. The summed E-state index contributed by atoms with van der Waals surface area (Å²) in [4.78, 5) is 11.1. The van der Waals surface area contributed by atoms with E-state index in [9.17, 15) is 4.79 Å². The summed E-state index contributed by atoms with van der Waals surface area (Å²) in [6, 6.07) is 10.2. The fraction of sp³-hybridized carbons (Fsp3) is 0.143. The Morgan fingerprint density at radius 2 is 2.05 bits per heavy atom. The van der Waals surface area contributed by atoms with Crippen molar-refractivity contribution >= 4 is 11.0 Å². The van der Waals surface area contributed by atoms with Crippen molar-refractivity contribution in [1.29, 1.82) is 0 Å². The Kier molecular flexibility index (Phi) is 2.79. The van der Waals surface area contributed by atoms with Crippen molar-refractivity contribution in [2.75, 3.05) is 0 Å². The van der Waals surface area contributed by atoms with E-state index in [1.807, 2.05) is 19.1 Å². The quantitative estimate of drug-likeness (QED) is 0.675. The lowest BCUT2D eigenvalue weighted by Gasteiger charge is -2.04. The number of aromatic nitrogens is 1. The van der Waals surface area contributed by atoms with Crippen molar-refractivity contribution in [3.05, 3.63) is 58.3 Å². The van der Waals surface area contributed by atoms with Gasteiger partial charge in [0.25, 0.3) is 0 Å². The number of hydrogen-bond donors (Lipinski definition) is 0. The van der Waals surface area contributed by atoms with E-state index >= 15 is 0 Å². The molecule has 3 aromatic rings. The van der Waals surface area contributed by atoms with E-state index in [-0.39, 0.29) is 5.63 Å². The number of ether oxygens (including phenoxy) is 1. The minimum Gasteiger partial charge on any atom is -0.487 e. The van der Waals surface area contributed by atoms with Gasteiger partial charge >= 0.3 is 5.63 Å². The highest BCUT2D eigenvalue weighted by Gasteiger charge is 2.03. The zero-order chi connectivity index (χ0) is 13.2. The molecule has 5 heteroatoms. The van der Waals surface area contributed by atoms with Crippen molar-refractivity contribution in [1.82, 2.24) is 5.16 Å². The number of benzene rings is 1. The molecule has 0 aliphatic rings. The molecular formula is C14H11NO4. The van der Waals surface area contributed by atoms with Gasteiger partial charge in [-0.1, -0.05) is 5.16 Å². The summed E-state index contributed by atoms with van der Waals surface area (Å²) in [6.45, 7) is 2.13. The van der Waals surface area contributed by atoms with Crippen molar-refractivity contribution in [2.45, 2.75) is 13.5 Å². The van der Waals surface area contributed by atoms with Gasteiger partial charge in [-0.2, -0.15) is 0 Å². The molecule has 19 heavy (non-hydrogen) atoms. The Balaban J connectivity index is 1.83. The lowest BCUT2D eigenvalue weighted by atomic mass is 10.2. The fourth-order valence-electron chi connectivity index (χ4n) is 1.77. The SMILES string of the molecule is Cc1cc(COc2ccc3ccc(=O)oc3c2)no1. The van der Waals surface area contributed by atoms with Gasteiger partial charge in [0.2, 0.25) is 0 Å². The van der Waals surface area contributed by atoms with Gasteiger partial charge in [0, 0.05) is 23.6 Å². The molecule has 0 amide bonds. The highest BCUT2D eigenvalue weighted by molar-refractivity contribution is 5.77. The van der Waals surface area contributed by atoms with Crippen LogP contribution in [0.4, 0.5) is 0 Å².